The summed E-state index contributed by atoms with van der Waals surface area (Å²) in [6, 6.07) is 18.2. The van der Waals surface area contributed by atoms with Crippen LogP contribution in [0.4, 0.5) is 22.9 Å². The molecule has 3 rings (SSSR count). The van der Waals surface area contributed by atoms with Gasteiger partial charge in [0.2, 0.25) is 5.91 Å². The lowest BCUT2D eigenvalue weighted by atomic mass is 10.2. The van der Waals surface area contributed by atoms with Crippen LogP contribution in [0.3, 0.4) is 0 Å². The molecular weight excluding hydrogens is 354 g/mol. The zero-order chi connectivity index (χ0) is 20.1. The summed E-state index contributed by atoms with van der Waals surface area (Å²) < 4.78 is 0. The summed E-state index contributed by atoms with van der Waals surface area (Å²) in [7, 11) is 1.71. The molecule has 0 unspecified atom stereocenters. The van der Waals surface area contributed by atoms with Crippen molar-refractivity contribution in [1.29, 1.82) is 0 Å². The van der Waals surface area contributed by atoms with Gasteiger partial charge < -0.3 is 15.5 Å². The van der Waals surface area contributed by atoms with Crippen LogP contribution in [0.15, 0.2) is 60.7 Å². The molecule has 1 heterocycles. The number of hydrogen-bond donors (Lipinski definition) is 2. The van der Waals surface area contributed by atoms with E-state index in [0.717, 1.165) is 11.4 Å². The Morgan fingerprint density at radius 2 is 1.64 bits per heavy atom. The van der Waals surface area contributed by atoms with Crippen molar-refractivity contribution < 1.29 is 9.59 Å². The van der Waals surface area contributed by atoms with Crippen LogP contribution in [0.5, 0.6) is 0 Å². The number of aromatic nitrogens is 2. The van der Waals surface area contributed by atoms with Crippen molar-refractivity contribution in [3.63, 3.8) is 0 Å². The zero-order valence-corrected chi connectivity index (χ0v) is 15.9. The van der Waals surface area contributed by atoms with Crippen LogP contribution in [-0.4, -0.2) is 28.8 Å². The zero-order valence-electron chi connectivity index (χ0n) is 15.9. The average molecular weight is 375 g/mol. The minimum atomic E-state index is -0.230. The number of hydrogen-bond acceptors (Lipinski definition) is 5. The maximum absolute atomic E-state index is 12.8. The van der Waals surface area contributed by atoms with Gasteiger partial charge in [0.1, 0.15) is 17.3 Å². The van der Waals surface area contributed by atoms with Crippen LogP contribution in [-0.2, 0) is 4.79 Å². The Kier molecular flexibility index (Phi) is 5.64. The molecule has 0 aliphatic heterocycles. The summed E-state index contributed by atoms with van der Waals surface area (Å²) in [5.41, 5.74) is 2.48. The molecule has 7 nitrogen and oxygen atoms in total. The number of anilines is 4. The molecule has 0 saturated heterocycles. The van der Waals surface area contributed by atoms with Gasteiger partial charge in [-0.1, -0.05) is 24.3 Å². The Labute approximate surface area is 163 Å². The van der Waals surface area contributed by atoms with Crippen LogP contribution in [0.25, 0.3) is 0 Å². The lowest BCUT2D eigenvalue weighted by Gasteiger charge is -2.17. The summed E-state index contributed by atoms with van der Waals surface area (Å²) in [4.78, 5) is 34.2. The van der Waals surface area contributed by atoms with Gasteiger partial charge in [-0.05, 0) is 37.3 Å². The molecule has 0 radical (unpaired) electrons. The van der Waals surface area contributed by atoms with Gasteiger partial charge in [-0.15, -0.1) is 0 Å². The first-order valence-corrected chi connectivity index (χ1v) is 8.76. The third-order valence-electron chi connectivity index (χ3n) is 3.96. The molecule has 0 saturated carbocycles. The molecule has 3 aromatic rings. The highest BCUT2D eigenvalue weighted by atomic mass is 16.2. The van der Waals surface area contributed by atoms with Crippen molar-refractivity contribution in [1.82, 2.24) is 9.97 Å². The summed E-state index contributed by atoms with van der Waals surface area (Å²) in [5.74, 6) is 0.601. The summed E-state index contributed by atoms with van der Waals surface area (Å²) in [6.07, 6.45) is 0. The molecule has 0 aliphatic rings. The van der Waals surface area contributed by atoms with E-state index >= 15 is 0 Å². The number of aryl methyl sites for hydroxylation is 1. The van der Waals surface area contributed by atoms with Crippen molar-refractivity contribution in [2.75, 3.05) is 22.6 Å². The second-order valence-corrected chi connectivity index (χ2v) is 6.27. The van der Waals surface area contributed by atoms with Crippen molar-refractivity contribution >= 4 is 34.7 Å². The monoisotopic (exact) mass is 375 g/mol. The highest BCUT2D eigenvalue weighted by molar-refractivity contribution is 6.04. The average Bonchev–Trinajstić information content (AvgIpc) is 2.67. The molecule has 2 N–H and O–H groups in total. The van der Waals surface area contributed by atoms with E-state index < -0.39 is 0 Å². The predicted octanol–water partition coefficient (Wildman–Crippen LogP) is 3.76. The Balaban J connectivity index is 1.84. The van der Waals surface area contributed by atoms with Crippen LogP contribution >= 0.6 is 0 Å². The molecule has 2 aromatic carbocycles. The van der Waals surface area contributed by atoms with E-state index in [1.807, 2.05) is 42.5 Å². The summed E-state index contributed by atoms with van der Waals surface area (Å²) >= 11 is 0. The van der Waals surface area contributed by atoms with Crippen molar-refractivity contribution in [2.45, 2.75) is 13.8 Å². The molecule has 0 spiro atoms. The third kappa shape index (κ3) is 4.70. The Morgan fingerprint density at radius 3 is 2.36 bits per heavy atom. The van der Waals surface area contributed by atoms with E-state index in [2.05, 4.69) is 20.6 Å². The van der Waals surface area contributed by atoms with Crippen molar-refractivity contribution in [3.8, 4) is 0 Å². The standard InChI is InChI=1S/C21H21N5O2/c1-14-22-19(21(28)26(3)18-10-5-4-6-11-18)13-20(23-14)25-17-9-7-8-16(12-17)24-15(2)27/h4-13H,1-3H3,(H,24,27)(H,22,23,25). The van der Waals surface area contributed by atoms with Crippen LogP contribution < -0.4 is 15.5 Å². The van der Waals surface area contributed by atoms with E-state index in [1.54, 1.807) is 37.1 Å². The van der Waals surface area contributed by atoms with E-state index in [-0.39, 0.29) is 11.8 Å². The number of benzene rings is 2. The smallest absolute Gasteiger partial charge is 0.276 e. The first kappa shape index (κ1) is 19.0. The van der Waals surface area contributed by atoms with Crippen molar-refractivity contribution in [2.24, 2.45) is 0 Å². The molecule has 0 aliphatic carbocycles. The quantitative estimate of drug-likeness (QED) is 0.709. The molecule has 0 atom stereocenters. The van der Waals surface area contributed by atoms with Gasteiger partial charge in [0.05, 0.1) is 0 Å². The Bertz CT molecular complexity index is 1000. The first-order valence-electron chi connectivity index (χ1n) is 8.76. The molecule has 2 amide bonds. The maximum atomic E-state index is 12.8. The molecule has 0 bridgehead atoms. The summed E-state index contributed by atoms with van der Waals surface area (Å²) in [6.45, 7) is 3.19. The number of nitrogens with one attached hydrogen (secondary N) is 2. The highest BCUT2D eigenvalue weighted by Gasteiger charge is 2.16. The van der Waals surface area contributed by atoms with E-state index in [0.29, 0.717) is 23.0 Å². The largest absolute Gasteiger partial charge is 0.340 e. The number of nitrogens with zero attached hydrogens (tertiary/aromatic N) is 3. The predicted molar refractivity (Wildman–Crippen MR) is 110 cm³/mol. The molecule has 1 aromatic heterocycles. The van der Waals surface area contributed by atoms with Gasteiger partial charge in [-0.25, -0.2) is 9.97 Å². The van der Waals surface area contributed by atoms with Gasteiger partial charge in [0, 0.05) is 37.1 Å². The molecular formula is C21H21N5O2. The molecule has 142 valence electrons. The first-order chi connectivity index (χ1) is 13.4. The maximum Gasteiger partial charge on any atom is 0.276 e. The molecule has 0 fully saturated rings. The van der Waals surface area contributed by atoms with Gasteiger partial charge in [-0.2, -0.15) is 0 Å². The van der Waals surface area contributed by atoms with E-state index in [9.17, 15) is 9.59 Å². The minimum absolute atomic E-state index is 0.146. The number of carbonyl (C=O) groups is 2. The van der Waals surface area contributed by atoms with E-state index in [4.69, 9.17) is 0 Å². The molecule has 28 heavy (non-hydrogen) atoms. The topological polar surface area (TPSA) is 87.2 Å². The van der Waals surface area contributed by atoms with Gasteiger partial charge in [0.25, 0.3) is 5.91 Å². The van der Waals surface area contributed by atoms with Gasteiger partial charge in [0.15, 0.2) is 0 Å². The lowest BCUT2D eigenvalue weighted by Crippen LogP contribution is -2.27. The number of carbonyl (C=O) groups excluding carboxylic acids is 2. The fraction of sp³-hybridized carbons (Fsp3) is 0.143. The van der Waals surface area contributed by atoms with Crippen LogP contribution in [0.2, 0.25) is 0 Å². The fourth-order valence-corrected chi connectivity index (χ4v) is 2.71. The summed E-state index contributed by atoms with van der Waals surface area (Å²) in [5, 5.41) is 5.89. The molecule has 7 heteroatoms. The fourth-order valence-electron chi connectivity index (χ4n) is 2.71. The number of amides is 2. The second-order valence-electron chi connectivity index (χ2n) is 6.27. The van der Waals surface area contributed by atoms with Crippen molar-refractivity contribution in [3.05, 3.63) is 72.2 Å². The number of para-hydroxylation sites is 1. The number of rotatable bonds is 5. The van der Waals surface area contributed by atoms with Crippen LogP contribution in [0, 0.1) is 6.92 Å². The minimum Gasteiger partial charge on any atom is -0.340 e. The Morgan fingerprint density at radius 1 is 0.929 bits per heavy atom. The highest BCUT2D eigenvalue weighted by Crippen LogP contribution is 2.21. The van der Waals surface area contributed by atoms with E-state index in [1.165, 1.54) is 6.92 Å². The van der Waals surface area contributed by atoms with Crippen LogP contribution in [0.1, 0.15) is 23.2 Å². The lowest BCUT2D eigenvalue weighted by molar-refractivity contribution is -0.114. The normalized spacial score (nSPS) is 10.2. The second kappa shape index (κ2) is 8.30. The SMILES string of the molecule is CC(=O)Nc1cccc(Nc2cc(C(=O)N(C)c3ccccc3)nc(C)n2)c1. The Hall–Kier alpha value is -3.74. The third-order valence-corrected chi connectivity index (χ3v) is 3.96. The van der Waals surface area contributed by atoms with Gasteiger partial charge in [-0.3, -0.25) is 9.59 Å². The van der Waals surface area contributed by atoms with Gasteiger partial charge >= 0.3 is 0 Å².